The quantitative estimate of drug-likeness (QED) is 0.462. The van der Waals surface area contributed by atoms with Crippen LogP contribution in [0.25, 0.3) is 0 Å². The van der Waals surface area contributed by atoms with Crippen LogP contribution in [0.1, 0.15) is 15.4 Å². The van der Waals surface area contributed by atoms with Crippen LogP contribution in [0, 0.1) is 0 Å². The molecule has 0 aliphatic carbocycles. The first kappa shape index (κ1) is 21.3. The molecule has 1 aromatic heterocycles. The van der Waals surface area contributed by atoms with Gasteiger partial charge in [0.05, 0.1) is 12.9 Å². The molecule has 2 amide bonds. The van der Waals surface area contributed by atoms with E-state index < -0.39 is 0 Å². The molecule has 3 aromatic rings. The molecule has 0 fully saturated rings. The van der Waals surface area contributed by atoms with Crippen LogP contribution in [0.5, 0.6) is 5.75 Å². The topological polar surface area (TPSA) is 93.2 Å². The Balaban J connectivity index is 1.48. The Morgan fingerprint density at radius 2 is 1.97 bits per heavy atom. The summed E-state index contributed by atoms with van der Waals surface area (Å²) in [5.74, 6) is 0.402. The molecule has 10 heteroatoms. The highest BCUT2D eigenvalue weighted by molar-refractivity contribution is 9.10. The molecule has 0 aliphatic rings. The summed E-state index contributed by atoms with van der Waals surface area (Å²) < 4.78 is 6.76. The van der Waals surface area contributed by atoms with Crippen molar-refractivity contribution in [3.05, 3.63) is 63.6 Å². The third-order valence-electron chi connectivity index (χ3n) is 3.68. The second-order valence-electron chi connectivity index (χ2n) is 5.71. The monoisotopic (exact) mass is 492 g/mol. The van der Waals surface area contributed by atoms with Crippen molar-refractivity contribution in [3.63, 3.8) is 0 Å². The van der Waals surface area contributed by atoms with Gasteiger partial charge in [0, 0.05) is 22.3 Å². The number of thioether (sulfide) groups is 1. The van der Waals surface area contributed by atoms with Crippen LogP contribution in [0.2, 0.25) is 0 Å². The van der Waals surface area contributed by atoms with Gasteiger partial charge in [-0.2, -0.15) is 0 Å². The largest absolute Gasteiger partial charge is 0.496 e. The van der Waals surface area contributed by atoms with Gasteiger partial charge < -0.3 is 15.4 Å². The van der Waals surface area contributed by atoms with Crippen molar-refractivity contribution in [1.82, 2.24) is 15.5 Å². The van der Waals surface area contributed by atoms with Gasteiger partial charge in [-0.25, -0.2) is 0 Å². The van der Waals surface area contributed by atoms with E-state index >= 15 is 0 Å². The molecule has 0 saturated heterocycles. The lowest BCUT2D eigenvalue weighted by molar-refractivity contribution is -0.118. The highest BCUT2D eigenvalue weighted by atomic mass is 79.9. The van der Waals surface area contributed by atoms with E-state index in [0.717, 1.165) is 21.4 Å². The van der Waals surface area contributed by atoms with Crippen LogP contribution < -0.4 is 15.4 Å². The lowest BCUT2D eigenvalue weighted by Gasteiger charge is -2.10. The first-order valence-corrected chi connectivity index (χ1v) is 11.1. The average Bonchev–Trinajstić information content (AvgIpc) is 3.21. The maximum Gasteiger partial charge on any atom is 0.286 e. The van der Waals surface area contributed by atoms with Crippen molar-refractivity contribution in [2.75, 3.05) is 18.2 Å². The SMILES string of the molecule is COc1ccc(Br)cc1CNC(=O)CSc1nnc(C(=O)Nc2ccccc2)s1. The van der Waals surface area contributed by atoms with Crippen LogP contribution in [-0.4, -0.2) is 34.9 Å². The van der Waals surface area contributed by atoms with E-state index in [4.69, 9.17) is 4.74 Å². The van der Waals surface area contributed by atoms with Gasteiger partial charge in [0.15, 0.2) is 4.34 Å². The average molecular weight is 493 g/mol. The van der Waals surface area contributed by atoms with E-state index in [-0.39, 0.29) is 22.6 Å². The van der Waals surface area contributed by atoms with E-state index in [1.54, 1.807) is 19.2 Å². The van der Waals surface area contributed by atoms with Crippen molar-refractivity contribution in [1.29, 1.82) is 0 Å². The Kier molecular flexibility index (Phi) is 7.62. The van der Waals surface area contributed by atoms with E-state index in [1.165, 1.54) is 11.8 Å². The van der Waals surface area contributed by atoms with E-state index in [1.807, 2.05) is 36.4 Å². The van der Waals surface area contributed by atoms with Crippen molar-refractivity contribution < 1.29 is 14.3 Å². The maximum atomic E-state index is 12.2. The number of para-hydroxylation sites is 1. The Hall–Kier alpha value is -2.43. The van der Waals surface area contributed by atoms with Crippen LogP contribution in [0.4, 0.5) is 5.69 Å². The molecule has 1 heterocycles. The predicted molar refractivity (Wildman–Crippen MR) is 118 cm³/mol. The molecular formula is C19H17BrN4O3S2. The molecule has 0 spiro atoms. The molecule has 150 valence electrons. The zero-order valence-corrected chi connectivity index (χ0v) is 18.6. The van der Waals surface area contributed by atoms with Gasteiger partial charge in [0.25, 0.3) is 5.91 Å². The maximum absolute atomic E-state index is 12.2. The molecule has 2 aromatic carbocycles. The summed E-state index contributed by atoms with van der Waals surface area (Å²) >= 11 is 5.79. The number of anilines is 1. The number of halogens is 1. The summed E-state index contributed by atoms with van der Waals surface area (Å²) in [6.45, 7) is 0.350. The van der Waals surface area contributed by atoms with Crippen molar-refractivity contribution in [2.45, 2.75) is 10.9 Å². The number of aromatic nitrogens is 2. The van der Waals surface area contributed by atoms with E-state index in [9.17, 15) is 9.59 Å². The number of methoxy groups -OCH3 is 1. The van der Waals surface area contributed by atoms with Gasteiger partial charge in [-0.3, -0.25) is 9.59 Å². The molecule has 0 saturated carbocycles. The molecule has 0 atom stereocenters. The number of carbonyl (C=O) groups is 2. The summed E-state index contributed by atoms with van der Waals surface area (Å²) in [5, 5.41) is 13.7. The summed E-state index contributed by atoms with van der Waals surface area (Å²) in [5.41, 5.74) is 1.56. The summed E-state index contributed by atoms with van der Waals surface area (Å²) in [6.07, 6.45) is 0. The normalized spacial score (nSPS) is 10.4. The molecule has 7 nitrogen and oxygen atoms in total. The fourth-order valence-electron chi connectivity index (χ4n) is 2.32. The van der Waals surface area contributed by atoms with Crippen LogP contribution in [0.15, 0.2) is 57.3 Å². The fourth-order valence-corrected chi connectivity index (χ4v) is 4.31. The molecule has 2 N–H and O–H groups in total. The third kappa shape index (κ3) is 6.28. The zero-order chi connectivity index (χ0) is 20.6. The Labute approximate surface area is 184 Å². The van der Waals surface area contributed by atoms with Crippen molar-refractivity contribution in [2.24, 2.45) is 0 Å². The highest BCUT2D eigenvalue weighted by Gasteiger charge is 2.14. The molecule has 29 heavy (non-hydrogen) atoms. The first-order chi connectivity index (χ1) is 14.0. The Morgan fingerprint density at radius 3 is 2.72 bits per heavy atom. The second kappa shape index (κ2) is 10.4. The lowest BCUT2D eigenvalue weighted by atomic mass is 10.2. The number of hydrogen-bond donors (Lipinski definition) is 2. The Bertz CT molecular complexity index is 998. The summed E-state index contributed by atoms with van der Waals surface area (Å²) in [4.78, 5) is 24.4. The van der Waals surface area contributed by atoms with Gasteiger partial charge in [0.1, 0.15) is 5.75 Å². The van der Waals surface area contributed by atoms with Crippen molar-refractivity contribution in [3.8, 4) is 5.75 Å². The highest BCUT2D eigenvalue weighted by Crippen LogP contribution is 2.24. The standard InChI is InChI=1S/C19H17BrN4O3S2/c1-27-15-8-7-13(20)9-12(15)10-21-16(25)11-28-19-24-23-18(29-19)17(26)22-14-5-3-2-4-6-14/h2-9H,10-11H2,1H3,(H,21,25)(H,22,26). The minimum absolute atomic E-state index is 0.150. The van der Waals surface area contributed by atoms with Crippen LogP contribution >= 0.6 is 39.0 Å². The zero-order valence-electron chi connectivity index (χ0n) is 15.3. The number of nitrogens with zero attached hydrogens (tertiary/aromatic N) is 2. The van der Waals surface area contributed by atoms with Gasteiger partial charge in [-0.1, -0.05) is 57.2 Å². The molecule has 0 aliphatic heterocycles. The number of amides is 2. The van der Waals surface area contributed by atoms with Crippen molar-refractivity contribution >= 4 is 56.5 Å². The lowest BCUT2D eigenvalue weighted by Crippen LogP contribution is -2.24. The molecule has 0 unspecified atom stereocenters. The molecule has 0 radical (unpaired) electrons. The summed E-state index contributed by atoms with van der Waals surface area (Å²) in [7, 11) is 1.59. The summed E-state index contributed by atoms with van der Waals surface area (Å²) in [6, 6.07) is 14.7. The number of ether oxygens (including phenoxy) is 1. The van der Waals surface area contributed by atoms with Gasteiger partial charge in [-0.15, -0.1) is 10.2 Å². The number of benzene rings is 2. The van der Waals surface area contributed by atoms with Gasteiger partial charge in [-0.05, 0) is 30.3 Å². The van der Waals surface area contributed by atoms with Gasteiger partial charge in [0.2, 0.25) is 10.9 Å². The minimum Gasteiger partial charge on any atom is -0.496 e. The third-order valence-corrected chi connectivity index (χ3v) is 6.23. The van der Waals surface area contributed by atoms with Crippen LogP contribution in [0.3, 0.4) is 0 Å². The first-order valence-electron chi connectivity index (χ1n) is 8.47. The van der Waals surface area contributed by atoms with Crippen LogP contribution in [-0.2, 0) is 11.3 Å². The van der Waals surface area contributed by atoms with Gasteiger partial charge >= 0.3 is 0 Å². The van der Waals surface area contributed by atoms with E-state index in [0.29, 0.717) is 22.3 Å². The second-order valence-corrected chi connectivity index (χ2v) is 8.83. The molecule has 0 bridgehead atoms. The number of carbonyl (C=O) groups excluding carboxylic acids is 2. The number of nitrogens with one attached hydrogen (secondary N) is 2. The predicted octanol–water partition coefficient (Wildman–Crippen LogP) is 3.97. The Morgan fingerprint density at radius 1 is 1.17 bits per heavy atom. The molecular weight excluding hydrogens is 476 g/mol. The smallest absolute Gasteiger partial charge is 0.286 e. The molecule has 3 rings (SSSR count). The number of rotatable bonds is 8. The minimum atomic E-state index is -0.327. The fraction of sp³-hybridized carbons (Fsp3) is 0.158. The number of hydrogen-bond acceptors (Lipinski definition) is 7. The van der Waals surface area contributed by atoms with E-state index in [2.05, 4.69) is 36.8 Å².